The fourth-order valence-corrected chi connectivity index (χ4v) is 5.42. The predicted molar refractivity (Wildman–Crippen MR) is 135 cm³/mol. The zero-order valence-corrected chi connectivity index (χ0v) is 21.3. The smallest absolute Gasteiger partial charge is 0.224 e. The van der Waals surface area contributed by atoms with E-state index >= 15 is 0 Å². The third-order valence-corrected chi connectivity index (χ3v) is 7.96. The molecule has 2 fully saturated rings. The van der Waals surface area contributed by atoms with Crippen LogP contribution in [-0.2, 0) is 9.59 Å². The molecule has 2 atom stereocenters. The summed E-state index contributed by atoms with van der Waals surface area (Å²) in [4.78, 5) is 34.8. The van der Waals surface area contributed by atoms with Crippen LogP contribution in [0.3, 0.4) is 0 Å². The lowest BCUT2D eigenvalue weighted by atomic mass is 9.90. The fourth-order valence-electron chi connectivity index (χ4n) is 5.42. The first-order chi connectivity index (χ1) is 17.4. The van der Waals surface area contributed by atoms with Crippen molar-refractivity contribution in [1.82, 2.24) is 20.2 Å². The number of nitriles is 1. The number of ketones is 1. The first-order valence-electron chi connectivity index (χ1n) is 13.1. The Kier molecular flexibility index (Phi) is 8.20. The van der Waals surface area contributed by atoms with Crippen LogP contribution in [0.2, 0.25) is 0 Å². The zero-order valence-electron chi connectivity index (χ0n) is 21.3. The molecule has 0 unspecified atom stereocenters. The summed E-state index contributed by atoms with van der Waals surface area (Å²) in [5.41, 5.74) is 1.08. The number of amides is 1. The Hall–Kier alpha value is -3.05. The van der Waals surface area contributed by atoms with Gasteiger partial charge in [-0.2, -0.15) is 5.26 Å². The minimum absolute atomic E-state index is 0.00429. The van der Waals surface area contributed by atoms with Crippen LogP contribution in [0.4, 0.5) is 4.39 Å². The van der Waals surface area contributed by atoms with Crippen LogP contribution in [0.5, 0.6) is 0 Å². The average Bonchev–Trinajstić information content (AvgIpc) is 3.42. The van der Waals surface area contributed by atoms with Gasteiger partial charge in [-0.25, -0.2) is 9.37 Å². The number of aromatic amines is 1. The van der Waals surface area contributed by atoms with Crippen LogP contribution in [0.15, 0.2) is 24.3 Å². The summed E-state index contributed by atoms with van der Waals surface area (Å²) in [6, 6.07) is 8.00. The quantitative estimate of drug-likeness (QED) is 0.433. The van der Waals surface area contributed by atoms with Crippen LogP contribution in [0.1, 0.15) is 82.1 Å². The van der Waals surface area contributed by atoms with Crippen molar-refractivity contribution < 1.29 is 14.0 Å². The van der Waals surface area contributed by atoms with Gasteiger partial charge in [-0.15, -0.1) is 0 Å². The largest absolute Gasteiger partial charge is 0.347 e. The number of nitrogens with one attached hydrogen (secondary N) is 2. The molecule has 192 valence electrons. The van der Waals surface area contributed by atoms with Crippen molar-refractivity contribution in [3.63, 3.8) is 0 Å². The molecule has 0 radical (unpaired) electrons. The Morgan fingerprint density at radius 3 is 2.72 bits per heavy atom. The fraction of sp³-hybridized carbons (Fsp3) is 0.571. The number of carbonyl (C=O) groups excluding carboxylic acids is 2. The van der Waals surface area contributed by atoms with Gasteiger partial charge in [0.2, 0.25) is 5.91 Å². The van der Waals surface area contributed by atoms with E-state index in [1.54, 1.807) is 18.2 Å². The number of nitrogens with zero attached hydrogens (tertiary/aromatic N) is 3. The minimum atomic E-state index is -0.425. The van der Waals surface area contributed by atoms with Crippen molar-refractivity contribution in [2.75, 3.05) is 20.1 Å². The summed E-state index contributed by atoms with van der Waals surface area (Å²) in [6.45, 7) is 3.89. The van der Waals surface area contributed by atoms with Crippen molar-refractivity contribution >= 4 is 11.7 Å². The van der Waals surface area contributed by atoms with Gasteiger partial charge in [0.25, 0.3) is 0 Å². The molecule has 1 saturated heterocycles. The molecule has 1 aliphatic carbocycles. The summed E-state index contributed by atoms with van der Waals surface area (Å²) in [6.07, 6.45) is 7.16. The molecule has 7 nitrogen and oxygen atoms in total. The Labute approximate surface area is 212 Å². The summed E-state index contributed by atoms with van der Waals surface area (Å²) < 4.78 is 14.4. The number of H-pyrrole nitrogens is 1. The Morgan fingerprint density at radius 2 is 2.03 bits per heavy atom. The SMILES string of the molecule is CCC(=O)CCCCC[C@H](NC(=O)[C@H]1CC12CCN(C)CC2)c1[nH]c(-c2ccccc2F)nc1C#N. The Morgan fingerprint density at radius 1 is 1.28 bits per heavy atom. The lowest BCUT2D eigenvalue weighted by Gasteiger charge is -2.30. The molecule has 36 heavy (non-hydrogen) atoms. The highest BCUT2D eigenvalue weighted by molar-refractivity contribution is 5.83. The average molecular weight is 494 g/mol. The van der Waals surface area contributed by atoms with Crippen LogP contribution in [-0.4, -0.2) is 46.7 Å². The Bertz CT molecular complexity index is 1130. The van der Waals surface area contributed by atoms with Crippen molar-refractivity contribution in [2.24, 2.45) is 11.3 Å². The molecule has 2 aliphatic rings. The molecular formula is C28H36FN5O2. The Balaban J connectivity index is 1.50. The summed E-state index contributed by atoms with van der Waals surface area (Å²) in [5.74, 6) is 0.134. The van der Waals surface area contributed by atoms with Gasteiger partial charge in [0.15, 0.2) is 5.69 Å². The molecule has 2 heterocycles. The third kappa shape index (κ3) is 5.84. The zero-order chi connectivity index (χ0) is 25.7. The normalized spacial score (nSPS) is 19.6. The lowest BCUT2D eigenvalue weighted by molar-refractivity contribution is -0.124. The summed E-state index contributed by atoms with van der Waals surface area (Å²) in [5, 5.41) is 13.0. The van der Waals surface area contributed by atoms with Crippen molar-refractivity contribution in [1.29, 1.82) is 5.26 Å². The number of imidazole rings is 1. The highest BCUT2D eigenvalue weighted by Gasteiger charge is 2.58. The minimum Gasteiger partial charge on any atom is -0.347 e. The van der Waals surface area contributed by atoms with E-state index < -0.39 is 11.9 Å². The van der Waals surface area contributed by atoms with Gasteiger partial charge in [0, 0.05) is 18.8 Å². The maximum Gasteiger partial charge on any atom is 0.224 e. The van der Waals surface area contributed by atoms with E-state index in [0.717, 1.165) is 51.6 Å². The van der Waals surface area contributed by atoms with E-state index in [0.29, 0.717) is 25.0 Å². The van der Waals surface area contributed by atoms with Gasteiger partial charge < -0.3 is 15.2 Å². The summed E-state index contributed by atoms with van der Waals surface area (Å²) in [7, 11) is 2.11. The van der Waals surface area contributed by atoms with E-state index in [9.17, 15) is 19.2 Å². The number of likely N-dealkylation sites (tertiary alicyclic amines) is 1. The van der Waals surface area contributed by atoms with Crippen molar-refractivity contribution in [3.8, 4) is 17.5 Å². The number of hydrogen-bond donors (Lipinski definition) is 2. The first-order valence-corrected chi connectivity index (χ1v) is 13.1. The number of halogens is 1. The number of Topliss-reactive ketones (excluding diaryl/α,β-unsaturated/α-hetero) is 1. The second kappa shape index (κ2) is 11.3. The van der Waals surface area contributed by atoms with Crippen LogP contribution in [0, 0.1) is 28.5 Å². The second-order valence-electron chi connectivity index (χ2n) is 10.4. The molecule has 1 aliphatic heterocycles. The highest BCUT2D eigenvalue weighted by atomic mass is 19.1. The number of carbonyl (C=O) groups is 2. The molecule has 1 aromatic carbocycles. The van der Waals surface area contributed by atoms with E-state index in [1.807, 2.05) is 6.92 Å². The molecule has 1 amide bonds. The van der Waals surface area contributed by atoms with Crippen LogP contribution in [0.25, 0.3) is 11.4 Å². The molecule has 1 aromatic heterocycles. The topological polar surface area (TPSA) is 102 Å². The van der Waals surface area contributed by atoms with E-state index in [1.165, 1.54) is 6.07 Å². The third-order valence-electron chi connectivity index (χ3n) is 7.96. The molecule has 8 heteroatoms. The van der Waals surface area contributed by atoms with Crippen LogP contribution >= 0.6 is 0 Å². The molecule has 4 rings (SSSR count). The number of rotatable bonds is 11. The van der Waals surface area contributed by atoms with Crippen LogP contribution < -0.4 is 5.32 Å². The molecule has 1 saturated carbocycles. The molecule has 1 spiro atoms. The number of unbranched alkanes of at least 4 members (excludes halogenated alkanes) is 2. The van der Waals surface area contributed by atoms with E-state index in [4.69, 9.17) is 0 Å². The van der Waals surface area contributed by atoms with Crippen molar-refractivity contribution in [3.05, 3.63) is 41.5 Å². The van der Waals surface area contributed by atoms with Gasteiger partial charge in [0.05, 0.1) is 17.3 Å². The second-order valence-corrected chi connectivity index (χ2v) is 10.4. The van der Waals surface area contributed by atoms with Gasteiger partial charge >= 0.3 is 0 Å². The molecule has 0 bridgehead atoms. The monoisotopic (exact) mass is 493 g/mol. The maximum atomic E-state index is 14.4. The van der Waals surface area contributed by atoms with Gasteiger partial charge in [-0.05, 0) is 69.8 Å². The standard InChI is InChI=1S/C28H36FN5O2/c1-3-19(35)9-5-4-6-12-23(32-27(36)21-17-28(21)13-15-34(2)16-14-28)25-24(18-30)31-26(33-25)20-10-7-8-11-22(20)29/h7-8,10-11,21,23H,3-6,9,12-17H2,1-2H3,(H,31,33)(H,32,36)/t21-,23+/m1/s1. The highest BCUT2D eigenvalue weighted by Crippen LogP contribution is 2.59. The van der Waals surface area contributed by atoms with E-state index in [2.05, 4.69) is 33.3 Å². The number of benzene rings is 1. The summed E-state index contributed by atoms with van der Waals surface area (Å²) >= 11 is 0. The van der Waals surface area contributed by atoms with Crippen molar-refractivity contribution in [2.45, 2.75) is 70.8 Å². The molecule has 2 N–H and O–H groups in total. The van der Waals surface area contributed by atoms with E-state index in [-0.39, 0.29) is 40.1 Å². The number of aromatic nitrogens is 2. The molecule has 2 aromatic rings. The maximum absolute atomic E-state index is 14.4. The lowest BCUT2D eigenvalue weighted by Crippen LogP contribution is -2.36. The van der Waals surface area contributed by atoms with Gasteiger partial charge in [-0.3, -0.25) is 9.59 Å². The van der Waals surface area contributed by atoms with Gasteiger partial charge in [0.1, 0.15) is 23.5 Å². The number of hydrogen-bond acceptors (Lipinski definition) is 5. The molecular weight excluding hydrogens is 457 g/mol. The number of piperidine rings is 1. The first kappa shape index (κ1) is 26.0. The van der Waals surface area contributed by atoms with Gasteiger partial charge in [-0.1, -0.05) is 31.9 Å². The predicted octanol–water partition coefficient (Wildman–Crippen LogP) is 4.91.